The second kappa shape index (κ2) is 12.7. The van der Waals surface area contributed by atoms with E-state index in [1.165, 1.54) is 33.4 Å². The molecular weight excluding hydrogens is 723 g/mol. The van der Waals surface area contributed by atoms with Gasteiger partial charge < -0.3 is 8.83 Å². The molecule has 5 heteroatoms. The van der Waals surface area contributed by atoms with Crippen LogP contribution in [0.25, 0.3) is 111 Å². The molecule has 0 amide bonds. The Balaban J connectivity index is 1.04. The van der Waals surface area contributed by atoms with Crippen LogP contribution < -0.4 is 0 Å². The van der Waals surface area contributed by atoms with Crippen molar-refractivity contribution in [3.8, 4) is 67.5 Å². The van der Waals surface area contributed by atoms with E-state index >= 15 is 0 Å². The first-order valence-electron chi connectivity index (χ1n) is 20.0. The zero-order valence-corrected chi connectivity index (χ0v) is 32.4. The fourth-order valence-electron chi connectivity index (χ4n) is 9.26. The van der Waals surface area contributed by atoms with Crippen molar-refractivity contribution >= 4 is 43.9 Å². The molecule has 1 aliphatic carbocycles. The molecule has 0 saturated carbocycles. The molecule has 0 unspecified atom stereocenters. The Hall–Kier alpha value is -7.63. The molecule has 3 aromatic heterocycles. The molecule has 278 valence electrons. The minimum Gasteiger partial charge on any atom is -0.456 e. The second-order valence-corrected chi connectivity index (χ2v) is 16.0. The number of aromatic nitrogens is 3. The highest BCUT2D eigenvalue weighted by Gasteiger charge is 2.37. The first kappa shape index (κ1) is 33.5. The summed E-state index contributed by atoms with van der Waals surface area (Å²) in [5.74, 6) is 1.75. The molecular formula is C54H35N3O2. The largest absolute Gasteiger partial charge is 0.456 e. The van der Waals surface area contributed by atoms with Crippen LogP contribution in [0.15, 0.2) is 185 Å². The molecule has 12 rings (SSSR count). The smallest absolute Gasteiger partial charge is 0.164 e. The maximum atomic E-state index is 6.64. The van der Waals surface area contributed by atoms with E-state index in [0.29, 0.717) is 17.5 Å². The van der Waals surface area contributed by atoms with Gasteiger partial charge in [-0.05, 0) is 87.0 Å². The molecule has 1 aliphatic rings. The third-order valence-corrected chi connectivity index (χ3v) is 12.2. The normalized spacial score (nSPS) is 13.1. The van der Waals surface area contributed by atoms with Gasteiger partial charge in [0.05, 0.1) is 0 Å². The standard InChI is InChI=1S/C54H35N3O2/c1-54(2)43-21-8-6-18-40(43)49-42(20-11-22-44(49)54)53-56-51(35-25-27-39-38-17-7-9-23-45(38)58-47(39)30-35)55-52(57-53)36-26-28-41-48(31-36)59-46-24-12-19-37(50(41)46)34-16-10-15-33(29-34)32-13-4-3-5-14-32/h3-31H,1-2H3. The molecule has 0 fully saturated rings. The van der Waals surface area contributed by atoms with Crippen LogP contribution in [0.4, 0.5) is 0 Å². The molecule has 11 aromatic rings. The Morgan fingerprint density at radius 2 is 0.915 bits per heavy atom. The summed E-state index contributed by atoms with van der Waals surface area (Å²) in [5.41, 5.74) is 15.3. The third kappa shape index (κ3) is 5.21. The van der Waals surface area contributed by atoms with E-state index in [0.717, 1.165) is 71.7 Å². The fourth-order valence-corrected chi connectivity index (χ4v) is 9.26. The van der Waals surface area contributed by atoms with E-state index in [9.17, 15) is 0 Å². The van der Waals surface area contributed by atoms with E-state index in [4.69, 9.17) is 23.8 Å². The van der Waals surface area contributed by atoms with Gasteiger partial charge in [0, 0.05) is 43.7 Å². The molecule has 8 aromatic carbocycles. The molecule has 0 spiro atoms. The fraction of sp³-hybridized carbons (Fsp3) is 0.0556. The van der Waals surface area contributed by atoms with Crippen molar-refractivity contribution < 1.29 is 8.83 Å². The lowest BCUT2D eigenvalue weighted by molar-refractivity contribution is 0.660. The van der Waals surface area contributed by atoms with Crippen molar-refractivity contribution in [1.29, 1.82) is 0 Å². The predicted octanol–water partition coefficient (Wildman–Crippen LogP) is 14.3. The number of hydrogen-bond acceptors (Lipinski definition) is 5. The number of rotatable bonds is 5. The zero-order valence-electron chi connectivity index (χ0n) is 32.4. The SMILES string of the molecule is CC1(C)c2ccccc2-c2c(-c3nc(-c4ccc5c(c4)oc4ccccc45)nc(-c4ccc5c(c4)oc4cccc(-c6cccc(-c7ccccc7)c6)c45)n3)cccc21. The van der Waals surface area contributed by atoms with Gasteiger partial charge in [0.2, 0.25) is 0 Å². The summed E-state index contributed by atoms with van der Waals surface area (Å²) in [6.45, 7) is 4.59. The van der Waals surface area contributed by atoms with Crippen LogP contribution in [0, 0.1) is 0 Å². The van der Waals surface area contributed by atoms with Gasteiger partial charge in [-0.3, -0.25) is 0 Å². The number of furan rings is 2. The Kier molecular flexibility index (Phi) is 7.20. The van der Waals surface area contributed by atoms with Gasteiger partial charge in [0.25, 0.3) is 0 Å². The summed E-state index contributed by atoms with van der Waals surface area (Å²) >= 11 is 0. The summed E-state index contributed by atoms with van der Waals surface area (Å²) < 4.78 is 13.0. The highest BCUT2D eigenvalue weighted by Crippen LogP contribution is 2.52. The average molecular weight is 758 g/mol. The Labute approximate surface area is 340 Å². The molecule has 0 radical (unpaired) electrons. The maximum Gasteiger partial charge on any atom is 0.164 e. The summed E-state index contributed by atoms with van der Waals surface area (Å²) in [5, 5.41) is 4.25. The molecule has 0 saturated heterocycles. The number of hydrogen-bond donors (Lipinski definition) is 0. The van der Waals surface area contributed by atoms with Crippen LogP contribution in [0.3, 0.4) is 0 Å². The van der Waals surface area contributed by atoms with Crippen molar-refractivity contribution in [1.82, 2.24) is 15.0 Å². The molecule has 0 N–H and O–H groups in total. The topological polar surface area (TPSA) is 65.0 Å². The predicted molar refractivity (Wildman–Crippen MR) is 239 cm³/mol. The first-order valence-corrected chi connectivity index (χ1v) is 20.0. The van der Waals surface area contributed by atoms with Crippen molar-refractivity contribution in [2.45, 2.75) is 19.3 Å². The minimum atomic E-state index is -0.166. The van der Waals surface area contributed by atoms with Crippen molar-refractivity contribution in [3.05, 3.63) is 187 Å². The van der Waals surface area contributed by atoms with Crippen LogP contribution in [0.1, 0.15) is 25.0 Å². The summed E-state index contributed by atoms with van der Waals surface area (Å²) in [6, 6.07) is 61.4. The molecule has 3 heterocycles. The maximum absolute atomic E-state index is 6.64. The van der Waals surface area contributed by atoms with E-state index < -0.39 is 0 Å². The lowest BCUT2D eigenvalue weighted by Gasteiger charge is -2.21. The van der Waals surface area contributed by atoms with Crippen LogP contribution in [0.5, 0.6) is 0 Å². The Morgan fingerprint density at radius 3 is 1.76 bits per heavy atom. The summed E-state index contributed by atoms with van der Waals surface area (Å²) in [4.78, 5) is 15.7. The van der Waals surface area contributed by atoms with Gasteiger partial charge in [0.15, 0.2) is 17.5 Å². The number of fused-ring (bicyclic) bond motifs is 9. The summed E-state index contributed by atoms with van der Waals surface area (Å²) in [6.07, 6.45) is 0. The lowest BCUT2D eigenvalue weighted by atomic mass is 9.82. The van der Waals surface area contributed by atoms with Crippen molar-refractivity contribution in [2.24, 2.45) is 0 Å². The first-order chi connectivity index (χ1) is 29.0. The molecule has 0 bridgehead atoms. The molecule has 5 nitrogen and oxygen atoms in total. The number of benzene rings is 8. The van der Waals surface area contributed by atoms with Crippen LogP contribution in [-0.2, 0) is 5.41 Å². The van der Waals surface area contributed by atoms with Gasteiger partial charge >= 0.3 is 0 Å². The Bertz CT molecular complexity index is 3480. The highest BCUT2D eigenvalue weighted by molar-refractivity contribution is 6.13. The summed E-state index contributed by atoms with van der Waals surface area (Å²) in [7, 11) is 0. The van der Waals surface area contributed by atoms with Gasteiger partial charge in [-0.1, -0.05) is 147 Å². The zero-order chi connectivity index (χ0) is 39.2. The number of para-hydroxylation sites is 1. The van der Waals surface area contributed by atoms with Crippen LogP contribution >= 0.6 is 0 Å². The van der Waals surface area contributed by atoms with E-state index in [1.807, 2.05) is 36.4 Å². The van der Waals surface area contributed by atoms with E-state index in [2.05, 4.69) is 153 Å². The minimum absolute atomic E-state index is 0.166. The van der Waals surface area contributed by atoms with Gasteiger partial charge in [-0.25, -0.2) is 15.0 Å². The monoisotopic (exact) mass is 757 g/mol. The molecule has 0 atom stereocenters. The van der Waals surface area contributed by atoms with E-state index in [-0.39, 0.29) is 5.41 Å². The van der Waals surface area contributed by atoms with E-state index in [1.54, 1.807) is 0 Å². The third-order valence-electron chi connectivity index (χ3n) is 12.2. The quantitative estimate of drug-likeness (QED) is 0.175. The van der Waals surface area contributed by atoms with Crippen LogP contribution in [0.2, 0.25) is 0 Å². The van der Waals surface area contributed by atoms with Crippen molar-refractivity contribution in [3.63, 3.8) is 0 Å². The van der Waals surface area contributed by atoms with Crippen molar-refractivity contribution in [2.75, 3.05) is 0 Å². The molecule has 0 aliphatic heterocycles. The second-order valence-electron chi connectivity index (χ2n) is 16.0. The molecule has 59 heavy (non-hydrogen) atoms. The van der Waals surface area contributed by atoms with Crippen LogP contribution in [-0.4, -0.2) is 15.0 Å². The Morgan fingerprint density at radius 1 is 0.356 bits per heavy atom. The van der Waals surface area contributed by atoms with Gasteiger partial charge in [0.1, 0.15) is 22.3 Å². The van der Waals surface area contributed by atoms with Gasteiger partial charge in [-0.2, -0.15) is 0 Å². The van der Waals surface area contributed by atoms with Gasteiger partial charge in [-0.15, -0.1) is 0 Å². The lowest BCUT2D eigenvalue weighted by Crippen LogP contribution is -2.14. The highest BCUT2D eigenvalue weighted by atomic mass is 16.3. The average Bonchev–Trinajstić information content (AvgIpc) is 3.93. The number of nitrogens with zero attached hydrogens (tertiary/aromatic N) is 3.